The Hall–Kier alpha value is -3.42. The zero-order valence-corrected chi connectivity index (χ0v) is 22.0. The van der Waals surface area contributed by atoms with Crippen molar-refractivity contribution in [3.05, 3.63) is 53.9 Å². The molecule has 8 nitrogen and oxygen atoms in total. The number of benzene rings is 1. The van der Waals surface area contributed by atoms with Gasteiger partial charge in [-0.15, -0.1) is 0 Å². The summed E-state index contributed by atoms with van der Waals surface area (Å²) in [6.45, 7) is 5.29. The van der Waals surface area contributed by atoms with E-state index >= 15 is 0 Å². The summed E-state index contributed by atoms with van der Waals surface area (Å²) in [6.07, 6.45) is 3.38. The number of hydrogen-bond donors (Lipinski definition) is 1. The van der Waals surface area contributed by atoms with Crippen molar-refractivity contribution in [3.63, 3.8) is 0 Å². The summed E-state index contributed by atoms with van der Waals surface area (Å²) in [5, 5.41) is 10.3. The molecule has 0 spiro atoms. The SMILES string of the molecule is COc1ccnc(C(=O)C[C@H]2CCCC[C@H](Cc3ccccc3)[C@@H](OC(=O)C(C)C)[C@H](C)OC2=O)c1O. The average molecular weight is 512 g/mol. The fourth-order valence-corrected chi connectivity index (χ4v) is 4.72. The minimum Gasteiger partial charge on any atom is -0.503 e. The third kappa shape index (κ3) is 7.54. The molecule has 1 aliphatic heterocycles. The van der Waals surface area contributed by atoms with E-state index in [1.54, 1.807) is 20.8 Å². The highest BCUT2D eigenvalue weighted by Crippen LogP contribution is 2.32. The van der Waals surface area contributed by atoms with Gasteiger partial charge in [0.15, 0.2) is 23.0 Å². The van der Waals surface area contributed by atoms with E-state index in [9.17, 15) is 19.5 Å². The summed E-state index contributed by atoms with van der Waals surface area (Å²) in [6, 6.07) is 11.5. The Balaban J connectivity index is 1.80. The molecule has 1 aliphatic rings. The van der Waals surface area contributed by atoms with Gasteiger partial charge in [0.1, 0.15) is 12.2 Å². The number of aromatic nitrogens is 1. The molecule has 1 aromatic carbocycles. The average Bonchev–Trinajstić information content (AvgIpc) is 2.88. The van der Waals surface area contributed by atoms with Crippen LogP contribution in [0.2, 0.25) is 0 Å². The van der Waals surface area contributed by atoms with E-state index in [-0.39, 0.29) is 41.4 Å². The largest absolute Gasteiger partial charge is 0.503 e. The van der Waals surface area contributed by atoms with Crippen molar-refractivity contribution in [2.45, 2.75) is 71.5 Å². The van der Waals surface area contributed by atoms with Crippen LogP contribution in [0.5, 0.6) is 11.5 Å². The molecule has 8 heteroatoms. The maximum absolute atomic E-state index is 13.2. The topological polar surface area (TPSA) is 112 Å². The lowest BCUT2D eigenvalue weighted by atomic mass is 9.84. The van der Waals surface area contributed by atoms with E-state index in [2.05, 4.69) is 4.98 Å². The van der Waals surface area contributed by atoms with E-state index in [0.29, 0.717) is 19.3 Å². The third-order valence-corrected chi connectivity index (χ3v) is 6.81. The normalized spacial score (nSPS) is 22.7. The van der Waals surface area contributed by atoms with Crippen LogP contribution in [0.4, 0.5) is 0 Å². The van der Waals surface area contributed by atoms with Crippen LogP contribution in [0.1, 0.15) is 68.9 Å². The van der Waals surface area contributed by atoms with Gasteiger partial charge in [-0.3, -0.25) is 14.4 Å². The lowest BCUT2D eigenvalue weighted by Crippen LogP contribution is -2.42. The van der Waals surface area contributed by atoms with Gasteiger partial charge in [-0.25, -0.2) is 4.98 Å². The number of methoxy groups -OCH3 is 1. The number of nitrogens with zero attached hydrogens (tertiary/aromatic N) is 1. The molecule has 0 radical (unpaired) electrons. The molecule has 0 bridgehead atoms. The van der Waals surface area contributed by atoms with E-state index in [1.165, 1.54) is 19.4 Å². The number of carbonyl (C=O) groups is 3. The van der Waals surface area contributed by atoms with Crippen LogP contribution in [-0.4, -0.2) is 47.1 Å². The molecule has 0 saturated carbocycles. The van der Waals surface area contributed by atoms with Crippen molar-refractivity contribution in [2.75, 3.05) is 7.11 Å². The van der Waals surface area contributed by atoms with Crippen LogP contribution in [0.3, 0.4) is 0 Å². The van der Waals surface area contributed by atoms with Crippen molar-refractivity contribution >= 4 is 17.7 Å². The molecule has 4 atom stereocenters. The first-order valence-electron chi connectivity index (χ1n) is 12.9. The molecule has 1 saturated heterocycles. The van der Waals surface area contributed by atoms with Crippen LogP contribution in [0.25, 0.3) is 0 Å². The second kappa shape index (κ2) is 13.2. The highest BCUT2D eigenvalue weighted by Gasteiger charge is 2.36. The quantitative estimate of drug-likeness (QED) is 0.393. The van der Waals surface area contributed by atoms with Crippen LogP contribution in [0, 0.1) is 17.8 Å². The summed E-state index contributed by atoms with van der Waals surface area (Å²) >= 11 is 0. The van der Waals surface area contributed by atoms with Gasteiger partial charge in [0.25, 0.3) is 0 Å². The Morgan fingerprint density at radius 1 is 1.14 bits per heavy atom. The highest BCUT2D eigenvalue weighted by atomic mass is 16.6. The number of cyclic esters (lactones) is 1. The maximum atomic E-state index is 13.2. The predicted molar refractivity (Wildman–Crippen MR) is 137 cm³/mol. The van der Waals surface area contributed by atoms with E-state index in [0.717, 1.165) is 18.4 Å². The molecular weight excluding hydrogens is 474 g/mol. The molecule has 0 unspecified atom stereocenters. The van der Waals surface area contributed by atoms with Crippen LogP contribution >= 0.6 is 0 Å². The lowest BCUT2D eigenvalue weighted by molar-refractivity contribution is -0.176. The third-order valence-electron chi connectivity index (χ3n) is 6.81. The van der Waals surface area contributed by atoms with Crippen molar-refractivity contribution in [1.29, 1.82) is 0 Å². The summed E-state index contributed by atoms with van der Waals surface area (Å²) in [7, 11) is 1.39. The Bertz CT molecular complexity index is 1070. The summed E-state index contributed by atoms with van der Waals surface area (Å²) in [5.41, 5.74) is 0.992. The summed E-state index contributed by atoms with van der Waals surface area (Å²) < 4.78 is 16.8. The summed E-state index contributed by atoms with van der Waals surface area (Å²) in [5.74, 6) is -2.57. The van der Waals surface area contributed by atoms with Gasteiger partial charge in [-0.2, -0.15) is 0 Å². The highest BCUT2D eigenvalue weighted by molar-refractivity contribution is 5.99. The minimum atomic E-state index is -0.700. The Kier molecular flexibility index (Phi) is 10.1. The van der Waals surface area contributed by atoms with Gasteiger partial charge in [0.2, 0.25) is 0 Å². The number of rotatable bonds is 8. The zero-order valence-electron chi connectivity index (χ0n) is 22.0. The van der Waals surface area contributed by atoms with Crippen LogP contribution in [0.15, 0.2) is 42.6 Å². The molecule has 2 heterocycles. The Morgan fingerprint density at radius 2 is 1.84 bits per heavy atom. The smallest absolute Gasteiger partial charge is 0.309 e. The molecule has 2 aromatic rings. The first-order chi connectivity index (χ1) is 17.7. The van der Waals surface area contributed by atoms with E-state index < -0.39 is 29.9 Å². The lowest BCUT2D eigenvalue weighted by Gasteiger charge is -2.34. The number of ketones is 1. The predicted octanol–water partition coefficient (Wildman–Crippen LogP) is 4.92. The minimum absolute atomic E-state index is 0.0241. The molecule has 0 amide bonds. The van der Waals surface area contributed by atoms with Gasteiger partial charge in [-0.1, -0.05) is 57.0 Å². The number of ether oxygens (including phenoxy) is 3. The molecule has 1 fully saturated rings. The molecular formula is C29H37NO7. The monoisotopic (exact) mass is 511 g/mol. The van der Waals surface area contributed by atoms with Gasteiger partial charge in [-0.05, 0) is 31.7 Å². The molecule has 200 valence electrons. The van der Waals surface area contributed by atoms with E-state index in [4.69, 9.17) is 14.2 Å². The van der Waals surface area contributed by atoms with Crippen molar-refractivity contribution < 1.29 is 33.7 Å². The van der Waals surface area contributed by atoms with Crippen LogP contribution in [-0.2, 0) is 25.5 Å². The van der Waals surface area contributed by atoms with Gasteiger partial charge >= 0.3 is 11.9 Å². The number of hydrogen-bond acceptors (Lipinski definition) is 8. The fraction of sp³-hybridized carbons (Fsp3) is 0.517. The molecule has 0 aliphatic carbocycles. The standard InChI is InChI=1S/C29H37NO7/c1-18(2)28(33)37-27-19(3)36-29(34)22(17-23(31)25-26(32)24(35-4)14-15-30-25)13-9-8-12-21(27)16-20-10-6-5-7-11-20/h5-7,10-11,14-15,18-19,21-22,27,32H,8-9,12-13,16-17H2,1-4H3/t19-,21+,22+,27-/m0/s1. The summed E-state index contributed by atoms with van der Waals surface area (Å²) in [4.78, 5) is 42.8. The first kappa shape index (κ1) is 28.2. The maximum Gasteiger partial charge on any atom is 0.309 e. The molecule has 37 heavy (non-hydrogen) atoms. The number of esters is 2. The van der Waals surface area contributed by atoms with Crippen molar-refractivity contribution in [1.82, 2.24) is 4.98 Å². The first-order valence-corrected chi connectivity index (χ1v) is 12.9. The zero-order chi connectivity index (χ0) is 26.9. The Morgan fingerprint density at radius 3 is 2.51 bits per heavy atom. The molecule has 1 N–H and O–H groups in total. The number of carbonyl (C=O) groups excluding carboxylic acids is 3. The van der Waals surface area contributed by atoms with Crippen LogP contribution < -0.4 is 4.74 Å². The second-order valence-corrected chi connectivity index (χ2v) is 9.97. The molecule has 3 rings (SSSR count). The van der Waals surface area contributed by atoms with Crippen molar-refractivity contribution in [2.24, 2.45) is 17.8 Å². The Labute approximate surface area is 218 Å². The van der Waals surface area contributed by atoms with Gasteiger partial charge in [0, 0.05) is 24.6 Å². The molecule has 1 aromatic heterocycles. The number of pyridine rings is 1. The van der Waals surface area contributed by atoms with E-state index in [1.807, 2.05) is 30.3 Å². The van der Waals surface area contributed by atoms with Gasteiger partial charge < -0.3 is 19.3 Å². The fourth-order valence-electron chi connectivity index (χ4n) is 4.72. The number of aromatic hydroxyl groups is 1. The second-order valence-electron chi connectivity index (χ2n) is 9.97. The van der Waals surface area contributed by atoms with Gasteiger partial charge in [0.05, 0.1) is 18.9 Å². The number of Topliss-reactive ketones (excluding diaryl/α,β-unsaturated/α-hetero) is 1. The van der Waals surface area contributed by atoms with Crippen molar-refractivity contribution in [3.8, 4) is 11.5 Å².